The van der Waals surface area contributed by atoms with Crippen molar-refractivity contribution in [2.75, 3.05) is 50.0 Å². The lowest BCUT2D eigenvalue weighted by atomic mass is 10.3. The lowest BCUT2D eigenvalue weighted by molar-refractivity contribution is 0.188. The Morgan fingerprint density at radius 1 is 1.29 bits per heavy atom. The molecule has 1 aliphatic heterocycles. The summed E-state index contributed by atoms with van der Waals surface area (Å²) in [6.07, 6.45) is 1.43. The van der Waals surface area contributed by atoms with Crippen molar-refractivity contribution in [2.45, 2.75) is 0 Å². The number of hydrogen-bond donors (Lipinski definition) is 2. The number of aromatic nitrogens is 2. The molecule has 2 rings (SSSR count). The Bertz CT molecular complexity index is 381. The average Bonchev–Trinajstić information content (AvgIpc) is 2.34. The Kier molecular flexibility index (Phi) is 3.98. The fourth-order valence-corrected chi connectivity index (χ4v) is 2.14. The van der Waals surface area contributed by atoms with Crippen molar-refractivity contribution in [2.24, 2.45) is 0 Å². The number of nitrogens with two attached hydrogens (primary N) is 1. The van der Waals surface area contributed by atoms with Gasteiger partial charge in [0.25, 0.3) is 0 Å². The fraction of sp³-hybridized carbons (Fsp3) is 0.600. The van der Waals surface area contributed by atoms with Gasteiger partial charge in [-0.25, -0.2) is 9.97 Å². The monoisotopic (exact) mass is 257 g/mol. The molecule has 0 spiro atoms. The van der Waals surface area contributed by atoms with Gasteiger partial charge in [-0.15, -0.1) is 0 Å². The lowest BCUT2D eigenvalue weighted by Gasteiger charge is -2.35. The van der Waals surface area contributed by atoms with Gasteiger partial charge in [-0.2, -0.15) is 0 Å². The Morgan fingerprint density at radius 3 is 2.65 bits per heavy atom. The molecule has 94 valence electrons. The quantitative estimate of drug-likeness (QED) is 0.783. The van der Waals surface area contributed by atoms with Gasteiger partial charge in [0.05, 0.1) is 6.61 Å². The molecule has 0 radical (unpaired) electrons. The number of rotatable bonds is 3. The van der Waals surface area contributed by atoms with E-state index in [2.05, 4.69) is 19.8 Å². The first-order valence-electron chi connectivity index (χ1n) is 5.56. The summed E-state index contributed by atoms with van der Waals surface area (Å²) in [5, 5.41) is 9.29. The summed E-state index contributed by atoms with van der Waals surface area (Å²) in [5.74, 6) is 1.01. The first-order chi connectivity index (χ1) is 8.22. The summed E-state index contributed by atoms with van der Waals surface area (Å²) in [4.78, 5) is 12.3. The maximum atomic E-state index is 8.87. The highest BCUT2D eigenvalue weighted by Crippen LogP contribution is 2.27. The van der Waals surface area contributed by atoms with E-state index in [4.69, 9.17) is 22.4 Å². The normalized spacial score (nSPS) is 17.4. The molecule has 17 heavy (non-hydrogen) atoms. The zero-order valence-corrected chi connectivity index (χ0v) is 10.3. The molecule has 0 aliphatic carbocycles. The summed E-state index contributed by atoms with van der Waals surface area (Å²) in [5.41, 5.74) is 5.65. The van der Waals surface area contributed by atoms with E-state index < -0.39 is 0 Å². The van der Waals surface area contributed by atoms with E-state index in [1.165, 1.54) is 6.33 Å². The minimum Gasteiger partial charge on any atom is -0.395 e. The van der Waals surface area contributed by atoms with Crippen LogP contribution in [-0.2, 0) is 0 Å². The summed E-state index contributed by atoms with van der Waals surface area (Å²) in [6, 6.07) is 0. The topological polar surface area (TPSA) is 78.5 Å². The molecule has 0 bridgehead atoms. The molecule has 6 nitrogen and oxygen atoms in total. The molecule has 2 heterocycles. The number of aliphatic hydroxyl groups is 1. The van der Waals surface area contributed by atoms with Crippen LogP contribution in [0.1, 0.15) is 0 Å². The Hall–Kier alpha value is -1.11. The zero-order chi connectivity index (χ0) is 12.3. The summed E-state index contributed by atoms with van der Waals surface area (Å²) in [7, 11) is 0. The van der Waals surface area contributed by atoms with Crippen molar-refractivity contribution in [1.29, 1.82) is 0 Å². The number of nitrogens with zero attached hydrogens (tertiary/aromatic N) is 4. The van der Waals surface area contributed by atoms with E-state index in [-0.39, 0.29) is 6.61 Å². The van der Waals surface area contributed by atoms with Crippen LogP contribution in [0, 0.1) is 0 Å². The van der Waals surface area contributed by atoms with Gasteiger partial charge in [0, 0.05) is 32.7 Å². The third-order valence-corrected chi connectivity index (χ3v) is 3.25. The van der Waals surface area contributed by atoms with Crippen LogP contribution >= 0.6 is 11.6 Å². The maximum absolute atomic E-state index is 8.87. The largest absolute Gasteiger partial charge is 0.395 e. The highest BCUT2D eigenvalue weighted by molar-refractivity contribution is 6.35. The van der Waals surface area contributed by atoms with Crippen molar-refractivity contribution in [1.82, 2.24) is 14.9 Å². The number of halogens is 1. The van der Waals surface area contributed by atoms with Gasteiger partial charge in [-0.3, -0.25) is 4.90 Å². The fourth-order valence-electron chi connectivity index (χ4n) is 1.92. The molecule has 0 amide bonds. The van der Waals surface area contributed by atoms with E-state index >= 15 is 0 Å². The second-order valence-electron chi connectivity index (χ2n) is 3.95. The third kappa shape index (κ3) is 2.77. The molecule has 1 aromatic rings. The number of anilines is 2. The summed E-state index contributed by atoms with van der Waals surface area (Å²) in [6.45, 7) is 4.35. The lowest BCUT2D eigenvalue weighted by Crippen LogP contribution is -2.47. The van der Waals surface area contributed by atoms with Crippen molar-refractivity contribution >= 4 is 23.2 Å². The molecule has 0 aromatic carbocycles. The second kappa shape index (κ2) is 5.48. The predicted octanol–water partition coefficient (Wildman–Crippen LogP) is -0.173. The highest BCUT2D eigenvalue weighted by atomic mass is 35.5. The number of β-amino-alcohol motifs (C(OH)–C–C–N with tert-alkyl or cyclic N) is 1. The van der Waals surface area contributed by atoms with Gasteiger partial charge in [0.1, 0.15) is 17.2 Å². The van der Waals surface area contributed by atoms with Crippen LogP contribution in [0.2, 0.25) is 5.02 Å². The Balaban J connectivity index is 2.03. The number of hydrogen-bond acceptors (Lipinski definition) is 6. The molecular weight excluding hydrogens is 242 g/mol. The molecule has 1 aliphatic rings. The van der Waals surface area contributed by atoms with E-state index in [1.54, 1.807) is 0 Å². The van der Waals surface area contributed by atoms with E-state index in [0.717, 1.165) is 26.2 Å². The van der Waals surface area contributed by atoms with E-state index in [1.807, 2.05) is 0 Å². The van der Waals surface area contributed by atoms with Gasteiger partial charge in [-0.05, 0) is 0 Å². The van der Waals surface area contributed by atoms with Crippen LogP contribution in [0.15, 0.2) is 6.33 Å². The smallest absolute Gasteiger partial charge is 0.153 e. The van der Waals surface area contributed by atoms with Crippen LogP contribution < -0.4 is 10.6 Å². The molecule has 0 atom stereocenters. The third-order valence-electron chi connectivity index (χ3n) is 2.89. The maximum Gasteiger partial charge on any atom is 0.153 e. The molecule has 3 N–H and O–H groups in total. The minimum atomic E-state index is 0.196. The van der Waals surface area contributed by atoms with Crippen LogP contribution in [0.3, 0.4) is 0 Å². The molecule has 0 unspecified atom stereocenters. The molecule has 1 fully saturated rings. The zero-order valence-electron chi connectivity index (χ0n) is 9.51. The van der Waals surface area contributed by atoms with Crippen LogP contribution in [0.4, 0.5) is 11.6 Å². The Labute approximate surface area is 105 Å². The van der Waals surface area contributed by atoms with Crippen LogP contribution in [0.25, 0.3) is 0 Å². The molecule has 0 saturated carbocycles. The second-order valence-corrected chi connectivity index (χ2v) is 4.33. The molecular formula is C10H16ClN5O. The molecule has 1 aromatic heterocycles. The van der Waals surface area contributed by atoms with Gasteiger partial charge < -0.3 is 15.7 Å². The van der Waals surface area contributed by atoms with Crippen molar-refractivity contribution in [3.63, 3.8) is 0 Å². The minimum absolute atomic E-state index is 0.196. The van der Waals surface area contributed by atoms with Gasteiger partial charge >= 0.3 is 0 Å². The predicted molar refractivity (Wildman–Crippen MR) is 67.2 cm³/mol. The number of nitrogen functional groups attached to an aromatic ring is 1. The van der Waals surface area contributed by atoms with Crippen LogP contribution in [0.5, 0.6) is 0 Å². The van der Waals surface area contributed by atoms with Crippen molar-refractivity contribution in [3.8, 4) is 0 Å². The highest BCUT2D eigenvalue weighted by Gasteiger charge is 2.20. The van der Waals surface area contributed by atoms with Crippen molar-refractivity contribution in [3.05, 3.63) is 11.3 Å². The van der Waals surface area contributed by atoms with Gasteiger partial charge in [0.15, 0.2) is 5.82 Å². The first-order valence-corrected chi connectivity index (χ1v) is 5.94. The van der Waals surface area contributed by atoms with Gasteiger partial charge in [0.2, 0.25) is 0 Å². The number of aliphatic hydroxyl groups excluding tert-OH is 1. The number of piperazine rings is 1. The Morgan fingerprint density at radius 2 is 2.00 bits per heavy atom. The summed E-state index contributed by atoms with van der Waals surface area (Å²) < 4.78 is 0. The first kappa shape index (κ1) is 12.3. The standard InChI is InChI=1S/C10H16ClN5O/c11-8-9(12)13-7-14-10(8)16-3-1-15(2-4-16)5-6-17/h7,17H,1-6H2,(H2,12,13,14). The van der Waals surface area contributed by atoms with Gasteiger partial charge in [-0.1, -0.05) is 11.6 Å². The summed E-state index contributed by atoms with van der Waals surface area (Å²) >= 11 is 6.08. The van der Waals surface area contributed by atoms with E-state index in [9.17, 15) is 0 Å². The van der Waals surface area contributed by atoms with Crippen LogP contribution in [-0.4, -0.2) is 59.3 Å². The average molecular weight is 258 g/mol. The molecule has 7 heteroatoms. The molecule has 1 saturated heterocycles. The van der Waals surface area contributed by atoms with E-state index in [0.29, 0.717) is 23.2 Å². The van der Waals surface area contributed by atoms with Crippen molar-refractivity contribution < 1.29 is 5.11 Å². The SMILES string of the molecule is Nc1ncnc(N2CCN(CCO)CC2)c1Cl.